The molecule has 19 heavy (non-hydrogen) atoms. The van der Waals surface area contributed by atoms with Gasteiger partial charge in [0.05, 0.1) is 13.9 Å². The highest BCUT2D eigenvalue weighted by Gasteiger charge is 2.19. The molecule has 1 N–H and O–H groups in total. The van der Waals surface area contributed by atoms with Crippen molar-refractivity contribution in [2.75, 3.05) is 4.72 Å². The Kier molecular flexibility index (Phi) is 4.29. The van der Waals surface area contributed by atoms with E-state index in [1.54, 1.807) is 6.07 Å². The maximum atomic E-state index is 13.6. The van der Waals surface area contributed by atoms with E-state index in [4.69, 9.17) is 0 Å². The molecule has 0 radical (unpaired) electrons. The molecule has 0 aliphatic carbocycles. The first-order chi connectivity index (χ1) is 8.79. The van der Waals surface area contributed by atoms with Crippen molar-refractivity contribution in [2.24, 2.45) is 0 Å². The number of hydrogen-bond donors (Lipinski definition) is 1. The molecule has 1 heterocycles. The van der Waals surface area contributed by atoms with Crippen LogP contribution in [0.1, 0.15) is 0 Å². The molecule has 2 aromatic rings. The van der Waals surface area contributed by atoms with E-state index >= 15 is 0 Å². The third-order valence-corrected chi connectivity index (χ3v) is 6.16. The number of thiophene rings is 1. The maximum Gasteiger partial charge on any atom is 0.271 e. The zero-order chi connectivity index (χ0) is 14.2. The fourth-order valence-corrected chi connectivity index (χ4v) is 4.62. The van der Waals surface area contributed by atoms with Crippen molar-refractivity contribution in [2.45, 2.75) is 4.21 Å². The molecule has 1 aromatic heterocycles. The molecule has 0 saturated heterocycles. The lowest BCUT2D eigenvalue weighted by Crippen LogP contribution is -2.12. The van der Waals surface area contributed by atoms with Crippen molar-refractivity contribution in [3.8, 4) is 0 Å². The van der Waals surface area contributed by atoms with E-state index in [0.29, 0.717) is 3.79 Å². The van der Waals surface area contributed by atoms with Gasteiger partial charge in [-0.3, -0.25) is 4.72 Å². The highest BCUT2D eigenvalue weighted by atomic mass is 79.9. The van der Waals surface area contributed by atoms with Gasteiger partial charge < -0.3 is 0 Å². The average molecular weight is 433 g/mol. The van der Waals surface area contributed by atoms with Crippen LogP contribution in [-0.4, -0.2) is 8.42 Å². The van der Waals surface area contributed by atoms with Crippen LogP contribution < -0.4 is 4.72 Å². The highest BCUT2D eigenvalue weighted by molar-refractivity contribution is 9.11. The Balaban J connectivity index is 2.38. The summed E-state index contributed by atoms with van der Waals surface area (Å²) in [5.74, 6) is -1.63. The van der Waals surface area contributed by atoms with Crippen molar-refractivity contribution in [1.29, 1.82) is 0 Å². The van der Waals surface area contributed by atoms with Crippen molar-refractivity contribution >= 4 is 58.9 Å². The lowest BCUT2D eigenvalue weighted by Gasteiger charge is -2.08. The van der Waals surface area contributed by atoms with Gasteiger partial charge in [-0.2, -0.15) is 0 Å². The van der Waals surface area contributed by atoms with Crippen LogP contribution in [0.3, 0.4) is 0 Å². The molecule has 2 rings (SSSR count). The molecule has 0 spiro atoms. The Hall–Kier alpha value is -0.510. The van der Waals surface area contributed by atoms with E-state index < -0.39 is 27.3 Å². The van der Waals surface area contributed by atoms with E-state index in [9.17, 15) is 17.2 Å². The number of benzene rings is 1. The number of halogens is 4. The first-order valence-corrected chi connectivity index (χ1v) is 8.61. The summed E-state index contributed by atoms with van der Waals surface area (Å²) in [5.41, 5.74) is -0.440. The van der Waals surface area contributed by atoms with Crippen molar-refractivity contribution in [3.63, 3.8) is 0 Å². The molecule has 0 fully saturated rings. The van der Waals surface area contributed by atoms with E-state index in [-0.39, 0.29) is 8.68 Å². The largest absolute Gasteiger partial charge is 0.276 e. The highest BCUT2D eigenvalue weighted by Crippen LogP contribution is 2.29. The van der Waals surface area contributed by atoms with Crippen molar-refractivity contribution < 1.29 is 17.2 Å². The van der Waals surface area contributed by atoms with Gasteiger partial charge in [0.2, 0.25) is 0 Å². The maximum absolute atomic E-state index is 13.6. The number of anilines is 1. The van der Waals surface area contributed by atoms with Gasteiger partial charge in [-0.25, -0.2) is 17.2 Å². The van der Waals surface area contributed by atoms with Gasteiger partial charge in [0.25, 0.3) is 10.0 Å². The van der Waals surface area contributed by atoms with Crippen LogP contribution in [-0.2, 0) is 10.0 Å². The number of hydrogen-bond acceptors (Lipinski definition) is 3. The molecular weight excluding hydrogens is 428 g/mol. The summed E-state index contributed by atoms with van der Waals surface area (Å²) in [6.45, 7) is 0. The van der Waals surface area contributed by atoms with Crippen LogP contribution in [0.4, 0.5) is 14.5 Å². The molecule has 0 bridgehead atoms. The molecule has 1 aromatic carbocycles. The smallest absolute Gasteiger partial charge is 0.271 e. The van der Waals surface area contributed by atoms with E-state index in [1.807, 2.05) is 4.72 Å². The molecule has 0 unspecified atom stereocenters. The molecule has 0 aliphatic heterocycles. The van der Waals surface area contributed by atoms with Crippen molar-refractivity contribution in [3.05, 3.63) is 44.2 Å². The molecule has 9 heteroatoms. The van der Waals surface area contributed by atoms with Gasteiger partial charge in [0.15, 0.2) is 0 Å². The van der Waals surface area contributed by atoms with E-state index in [2.05, 4.69) is 31.9 Å². The molecule has 0 amide bonds. The second-order valence-electron chi connectivity index (χ2n) is 3.41. The average Bonchev–Trinajstić information content (AvgIpc) is 2.73. The van der Waals surface area contributed by atoms with E-state index in [0.717, 1.165) is 23.5 Å². The zero-order valence-corrected chi connectivity index (χ0v) is 13.8. The van der Waals surface area contributed by atoms with Crippen molar-refractivity contribution in [1.82, 2.24) is 0 Å². The summed E-state index contributed by atoms with van der Waals surface area (Å²) in [6, 6.07) is 4.55. The quantitative estimate of drug-likeness (QED) is 0.732. The Morgan fingerprint density at radius 1 is 1.11 bits per heavy atom. The second-order valence-corrected chi connectivity index (χ2v) is 8.64. The van der Waals surface area contributed by atoms with Crippen LogP contribution in [0.2, 0.25) is 0 Å². The predicted molar refractivity (Wildman–Crippen MR) is 76.9 cm³/mol. The molecule has 0 saturated carbocycles. The SMILES string of the molecule is O=S(=O)(Nc1cc(F)c(Br)cc1F)c1ccc(Br)s1. The van der Waals surface area contributed by atoms with Gasteiger partial charge in [-0.1, -0.05) is 0 Å². The minimum Gasteiger partial charge on any atom is -0.276 e. The summed E-state index contributed by atoms with van der Waals surface area (Å²) in [6.07, 6.45) is 0. The fourth-order valence-electron chi connectivity index (χ4n) is 1.24. The third kappa shape index (κ3) is 3.33. The summed E-state index contributed by atoms with van der Waals surface area (Å²) in [5, 5.41) is 0. The van der Waals surface area contributed by atoms with Gasteiger partial charge in [-0.05, 0) is 50.1 Å². The number of nitrogens with one attached hydrogen (secondary N) is 1. The Labute approximate surface area is 129 Å². The predicted octanol–water partition coefficient (Wildman–Crippen LogP) is 4.35. The Morgan fingerprint density at radius 3 is 2.37 bits per heavy atom. The monoisotopic (exact) mass is 431 g/mol. The Bertz CT molecular complexity index is 731. The van der Waals surface area contributed by atoms with E-state index in [1.165, 1.54) is 6.07 Å². The second kappa shape index (κ2) is 5.47. The van der Waals surface area contributed by atoms with Crippen LogP contribution in [0, 0.1) is 11.6 Å². The molecule has 3 nitrogen and oxygen atoms in total. The van der Waals surface area contributed by atoms with Gasteiger partial charge >= 0.3 is 0 Å². The summed E-state index contributed by atoms with van der Waals surface area (Å²) in [7, 11) is -3.93. The zero-order valence-electron chi connectivity index (χ0n) is 8.95. The van der Waals surface area contributed by atoms with Gasteiger partial charge in [-0.15, -0.1) is 11.3 Å². The molecule has 0 aliphatic rings. The van der Waals surface area contributed by atoms with Crippen LogP contribution in [0.25, 0.3) is 0 Å². The summed E-state index contributed by atoms with van der Waals surface area (Å²) >= 11 is 6.91. The standard InChI is InChI=1S/C10H5Br2F2NO2S2/c11-5-3-7(14)8(4-6(5)13)15-19(16,17)10-2-1-9(12)18-10/h1-4,15H. The molecule has 0 atom stereocenters. The van der Waals surface area contributed by atoms with Crippen LogP contribution in [0.5, 0.6) is 0 Å². The number of rotatable bonds is 3. The van der Waals surface area contributed by atoms with Crippen LogP contribution >= 0.6 is 43.2 Å². The minimum absolute atomic E-state index is 0.00195. The fraction of sp³-hybridized carbons (Fsp3) is 0. The van der Waals surface area contributed by atoms with Crippen LogP contribution in [0.15, 0.2) is 36.7 Å². The summed E-state index contributed by atoms with van der Waals surface area (Å²) < 4.78 is 53.3. The first kappa shape index (κ1) is 14.9. The van der Waals surface area contributed by atoms with Gasteiger partial charge in [0, 0.05) is 6.07 Å². The minimum atomic E-state index is -3.93. The topological polar surface area (TPSA) is 46.2 Å². The summed E-state index contributed by atoms with van der Waals surface area (Å²) in [4.78, 5) is 0. The lowest BCUT2D eigenvalue weighted by atomic mass is 10.3. The molecular formula is C10H5Br2F2NO2S2. The van der Waals surface area contributed by atoms with Gasteiger partial charge in [0.1, 0.15) is 15.8 Å². The third-order valence-electron chi connectivity index (χ3n) is 2.07. The number of sulfonamides is 1. The first-order valence-electron chi connectivity index (χ1n) is 4.72. The Morgan fingerprint density at radius 2 is 1.79 bits per heavy atom. The normalized spacial score (nSPS) is 11.6. The lowest BCUT2D eigenvalue weighted by molar-refractivity contribution is 0.592. The molecule has 102 valence electrons.